The topological polar surface area (TPSA) is 25.8 Å². The molecule has 1 saturated carbocycles. The van der Waals surface area contributed by atoms with E-state index in [0.717, 1.165) is 29.6 Å². The van der Waals surface area contributed by atoms with E-state index in [2.05, 4.69) is 48.1 Å². The third kappa shape index (κ3) is 7.24. The summed E-state index contributed by atoms with van der Waals surface area (Å²) in [6, 6.07) is 8.95. The predicted octanol–water partition coefficient (Wildman–Crippen LogP) is 7.81. The molecule has 1 heterocycles. The Hall–Kier alpha value is -1.70. The van der Waals surface area contributed by atoms with E-state index in [1.807, 2.05) is 12.4 Å². The highest BCUT2D eigenvalue weighted by Gasteiger charge is 2.19. The van der Waals surface area contributed by atoms with Crippen molar-refractivity contribution in [3.05, 3.63) is 47.8 Å². The SMILES string of the molecule is CCCCCCCc1cnc(-c2ccc(CC[C@H]3CC[C@H](CC)CC3)cc2)nc1. The maximum absolute atomic E-state index is 4.62. The normalized spacial score (nSPS) is 19.4. The number of nitrogens with zero attached hydrogens (tertiary/aromatic N) is 2. The van der Waals surface area contributed by atoms with Crippen molar-refractivity contribution in [2.24, 2.45) is 11.8 Å². The molecule has 158 valence electrons. The van der Waals surface area contributed by atoms with Gasteiger partial charge in [-0.1, -0.05) is 95.9 Å². The van der Waals surface area contributed by atoms with Gasteiger partial charge in [-0.15, -0.1) is 0 Å². The molecule has 1 aromatic carbocycles. The first-order chi connectivity index (χ1) is 14.3. The molecule has 1 fully saturated rings. The minimum Gasteiger partial charge on any atom is -0.236 e. The van der Waals surface area contributed by atoms with Crippen LogP contribution < -0.4 is 0 Å². The van der Waals surface area contributed by atoms with E-state index in [1.54, 1.807) is 0 Å². The molecule has 0 atom stereocenters. The third-order valence-electron chi connectivity index (χ3n) is 6.87. The summed E-state index contributed by atoms with van der Waals surface area (Å²) < 4.78 is 0. The number of hydrogen-bond acceptors (Lipinski definition) is 2. The van der Waals surface area contributed by atoms with Gasteiger partial charge in [-0.25, -0.2) is 9.97 Å². The van der Waals surface area contributed by atoms with Gasteiger partial charge >= 0.3 is 0 Å². The number of aryl methyl sites for hydroxylation is 2. The van der Waals surface area contributed by atoms with Crippen molar-refractivity contribution >= 4 is 0 Å². The van der Waals surface area contributed by atoms with Gasteiger partial charge in [0.05, 0.1) is 0 Å². The van der Waals surface area contributed by atoms with Crippen LogP contribution >= 0.6 is 0 Å². The van der Waals surface area contributed by atoms with E-state index < -0.39 is 0 Å². The number of aromatic nitrogens is 2. The van der Waals surface area contributed by atoms with Crippen molar-refractivity contribution < 1.29 is 0 Å². The van der Waals surface area contributed by atoms with Gasteiger partial charge in [-0.2, -0.15) is 0 Å². The predicted molar refractivity (Wildman–Crippen MR) is 124 cm³/mol. The molecular weight excluding hydrogens is 352 g/mol. The number of rotatable bonds is 11. The van der Waals surface area contributed by atoms with E-state index in [4.69, 9.17) is 0 Å². The van der Waals surface area contributed by atoms with E-state index in [1.165, 1.54) is 88.2 Å². The second kappa shape index (κ2) is 12.1. The molecule has 2 nitrogen and oxygen atoms in total. The van der Waals surface area contributed by atoms with Crippen LogP contribution in [-0.2, 0) is 12.8 Å². The molecule has 0 bridgehead atoms. The molecular formula is C27H40N2. The molecule has 1 aliphatic rings. The Morgan fingerprint density at radius 1 is 0.724 bits per heavy atom. The summed E-state index contributed by atoms with van der Waals surface area (Å²) in [6.07, 6.45) is 21.4. The van der Waals surface area contributed by atoms with Crippen molar-refractivity contribution in [2.75, 3.05) is 0 Å². The van der Waals surface area contributed by atoms with Gasteiger partial charge < -0.3 is 0 Å². The van der Waals surface area contributed by atoms with Crippen LogP contribution in [0.4, 0.5) is 0 Å². The highest BCUT2D eigenvalue weighted by Crippen LogP contribution is 2.33. The van der Waals surface area contributed by atoms with Gasteiger partial charge in [-0.3, -0.25) is 0 Å². The molecule has 0 unspecified atom stereocenters. The second-order valence-corrected chi connectivity index (χ2v) is 9.11. The molecule has 0 aliphatic heterocycles. The average Bonchev–Trinajstić information content (AvgIpc) is 2.79. The van der Waals surface area contributed by atoms with E-state index in [0.29, 0.717) is 0 Å². The van der Waals surface area contributed by atoms with Gasteiger partial charge in [0.2, 0.25) is 0 Å². The first-order valence-corrected chi connectivity index (χ1v) is 12.2. The van der Waals surface area contributed by atoms with Gasteiger partial charge in [-0.05, 0) is 48.6 Å². The van der Waals surface area contributed by atoms with Crippen LogP contribution in [0.1, 0.15) is 95.6 Å². The van der Waals surface area contributed by atoms with Crippen molar-refractivity contribution in [1.82, 2.24) is 9.97 Å². The first-order valence-electron chi connectivity index (χ1n) is 12.2. The summed E-state index contributed by atoms with van der Waals surface area (Å²) in [6.45, 7) is 4.61. The van der Waals surface area contributed by atoms with Crippen molar-refractivity contribution in [2.45, 2.75) is 97.3 Å². The van der Waals surface area contributed by atoms with Gasteiger partial charge in [0.1, 0.15) is 0 Å². The Morgan fingerprint density at radius 2 is 1.38 bits per heavy atom. The maximum atomic E-state index is 4.62. The fourth-order valence-electron chi connectivity index (χ4n) is 4.69. The van der Waals surface area contributed by atoms with Crippen LogP contribution in [-0.4, -0.2) is 9.97 Å². The molecule has 0 amide bonds. The lowest BCUT2D eigenvalue weighted by Gasteiger charge is -2.27. The Bertz CT molecular complexity index is 681. The molecule has 1 aromatic heterocycles. The molecule has 2 aromatic rings. The van der Waals surface area contributed by atoms with Gasteiger partial charge in [0.25, 0.3) is 0 Å². The quantitative estimate of drug-likeness (QED) is 0.364. The van der Waals surface area contributed by atoms with Crippen LogP contribution in [0.2, 0.25) is 0 Å². The molecule has 0 spiro atoms. The summed E-state index contributed by atoms with van der Waals surface area (Å²) >= 11 is 0. The summed E-state index contributed by atoms with van der Waals surface area (Å²) in [5.74, 6) is 2.79. The maximum Gasteiger partial charge on any atom is 0.159 e. The Kier molecular flexibility index (Phi) is 9.18. The van der Waals surface area contributed by atoms with Gasteiger partial charge in [0, 0.05) is 18.0 Å². The molecule has 29 heavy (non-hydrogen) atoms. The zero-order valence-electron chi connectivity index (χ0n) is 18.7. The summed E-state index contributed by atoms with van der Waals surface area (Å²) in [7, 11) is 0. The number of benzene rings is 1. The van der Waals surface area contributed by atoms with Gasteiger partial charge in [0.15, 0.2) is 5.82 Å². The fraction of sp³-hybridized carbons (Fsp3) is 0.630. The zero-order valence-corrected chi connectivity index (χ0v) is 18.7. The Labute approximate surface area is 178 Å². The van der Waals surface area contributed by atoms with Crippen LogP contribution in [0.5, 0.6) is 0 Å². The lowest BCUT2D eigenvalue weighted by molar-refractivity contribution is 0.259. The second-order valence-electron chi connectivity index (χ2n) is 9.11. The van der Waals surface area contributed by atoms with Crippen LogP contribution in [0.3, 0.4) is 0 Å². The summed E-state index contributed by atoms with van der Waals surface area (Å²) in [5, 5.41) is 0. The highest BCUT2D eigenvalue weighted by atomic mass is 14.9. The van der Waals surface area contributed by atoms with Crippen molar-refractivity contribution in [3.63, 3.8) is 0 Å². The lowest BCUT2D eigenvalue weighted by atomic mass is 9.78. The lowest BCUT2D eigenvalue weighted by Crippen LogP contribution is -2.14. The zero-order chi connectivity index (χ0) is 20.3. The number of hydrogen-bond donors (Lipinski definition) is 0. The molecule has 2 heteroatoms. The van der Waals surface area contributed by atoms with Crippen LogP contribution in [0.25, 0.3) is 11.4 Å². The summed E-state index contributed by atoms with van der Waals surface area (Å²) in [5.41, 5.74) is 3.85. The van der Waals surface area contributed by atoms with E-state index in [-0.39, 0.29) is 0 Å². The third-order valence-corrected chi connectivity index (χ3v) is 6.87. The molecule has 1 aliphatic carbocycles. The smallest absolute Gasteiger partial charge is 0.159 e. The van der Waals surface area contributed by atoms with E-state index in [9.17, 15) is 0 Å². The van der Waals surface area contributed by atoms with E-state index >= 15 is 0 Å². The minimum absolute atomic E-state index is 0.851. The standard InChI is InChI=1S/C27H40N2/c1-3-5-6-7-8-9-25-20-28-27(29-21-25)26-18-16-24(17-19-26)15-14-23-12-10-22(4-2)11-13-23/h16-23H,3-15H2,1-2H3/t22-,23-. The fourth-order valence-corrected chi connectivity index (χ4v) is 4.69. The van der Waals surface area contributed by atoms with Crippen molar-refractivity contribution in [1.29, 1.82) is 0 Å². The molecule has 3 rings (SSSR count). The first kappa shape index (κ1) is 22.0. The van der Waals surface area contributed by atoms with Crippen molar-refractivity contribution in [3.8, 4) is 11.4 Å². The van der Waals surface area contributed by atoms with Crippen LogP contribution in [0.15, 0.2) is 36.7 Å². The minimum atomic E-state index is 0.851. The molecule has 0 radical (unpaired) electrons. The van der Waals surface area contributed by atoms with Crippen LogP contribution in [0, 0.1) is 11.8 Å². The Balaban J connectivity index is 1.43. The largest absolute Gasteiger partial charge is 0.236 e. The Morgan fingerprint density at radius 3 is 2.03 bits per heavy atom. The number of unbranched alkanes of at least 4 members (excludes halogenated alkanes) is 4. The molecule has 0 saturated heterocycles. The summed E-state index contributed by atoms with van der Waals surface area (Å²) in [4.78, 5) is 9.23. The monoisotopic (exact) mass is 392 g/mol. The highest BCUT2D eigenvalue weighted by molar-refractivity contribution is 5.55. The average molecular weight is 393 g/mol. The molecule has 0 N–H and O–H groups in total.